The van der Waals surface area contributed by atoms with Gasteiger partial charge in [0.05, 0.1) is 11.8 Å². The van der Waals surface area contributed by atoms with Crippen molar-refractivity contribution in [2.45, 2.75) is 59.8 Å². The van der Waals surface area contributed by atoms with Gasteiger partial charge >= 0.3 is 0 Å². The maximum atomic E-state index is 12.8. The first-order valence-electron chi connectivity index (χ1n) is 14.0. The highest BCUT2D eigenvalue weighted by molar-refractivity contribution is 8.03. The number of rotatable bonds is 14. The quantitative estimate of drug-likeness (QED) is 0.184. The standard InChI is InChI=1S/C29H42N2O4S4/c1-28(2,18-30-24(32)16-22-20(26(30)34)6-12-38-22)8-14-36-10-5-11-37-15-9-29(3,4)19-31-25(33)17-23-21(27(31)35)7-13-39-23/h16-17,20-21H,5-15,18-19H2,1-4H3. The molecule has 10 heteroatoms. The largest absolute Gasteiger partial charge is 0.278 e. The lowest BCUT2D eigenvalue weighted by Crippen LogP contribution is -2.47. The van der Waals surface area contributed by atoms with Gasteiger partial charge in [0.15, 0.2) is 0 Å². The molecule has 4 rings (SSSR count). The van der Waals surface area contributed by atoms with E-state index in [4.69, 9.17) is 0 Å². The number of hydrogen-bond acceptors (Lipinski definition) is 8. The molecule has 0 radical (unpaired) electrons. The van der Waals surface area contributed by atoms with E-state index in [9.17, 15) is 19.2 Å². The number of amides is 4. The zero-order chi connectivity index (χ0) is 28.2. The lowest BCUT2D eigenvalue weighted by atomic mass is 9.88. The highest BCUT2D eigenvalue weighted by atomic mass is 32.2. The third-order valence-corrected chi connectivity index (χ3v) is 12.3. The van der Waals surface area contributed by atoms with Crippen LogP contribution in [0.25, 0.3) is 0 Å². The highest BCUT2D eigenvalue weighted by Crippen LogP contribution is 2.42. The van der Waals surface area contributed by atoms with Crippen molar-refractivity contribution in [3.63, 3.8) is 0 Å². The van der Waals surface area contributed by atoms with Crippen molar-refractivity contribution in [3.8, 4) is 0 Å². The van der Waals surface area contributed by atoms with Crippen molar-refractivity contribution in [1.29, 1.82) is 0 Å². The lowest BCUT2D eigenvalue weighted by Gasteiger charge is -2.34. The Bertz CT molecular complexity index is 958. The minimum Gasteiger partial charge on any atom is -0.278 e. The van der Waals surface area contributed by atoms with Crippen molar-refractivity contribution in [2.75, 3.05) is 47.6 Å². The molecule has 0 spiro atoms. The van der Waals surface area contributed by atoms with Gasteiger partial charge in [0, 0.05) is 35.1 Å². The summed E-state index contributed by atoms with van der Waals surface area (Å²) in [6, 6.07) is 0. The molecule has 2 saturated heterocycles. The maximum Gasteiger partial charge on any atom is 0.254 e. The molecule has 0 aromatic carbocycles. The Kier molecular flexibility index (Phi) is 10.7. The topological polar surface area (TPSA) is 74.8 Å². The summed E-state index contributed by atoms with van der Waals surface area (Å²) in [6.07, 6.45) is 8.14. The van der Waals surface area contributed by atoms with Gasteiger partial charge in [0.1, 0.15) is 0 Å². The normalized spacial score (nSPS) is 23.8. The average molecular weight is 611 g/mol. The number of hydrogen-bond donors (Lipinski definition) is 0. The number of carbonyl (C=O) groups excluding carboxylic acids is 4. The minimum absolute atomic E-state index is 0.00329. The summed E-state index contributed by atoms with van der Waals surface area (Å²) in [4.78, 5) is 55.6. The van der Waals surface area contributed by atoms with Crippen LogP contribution in [0.5, 0.6) is 0 Å². The molecule has 0 saturated carbocycles. The number of thioether (sulfide) groups is 4. The van der Waals surface area contributed by atoms with Gasteiger partial charge in [-0.1, -0.05) is 27.7 Å². The van der Waals surface area contributed by atoms with Crippen LogP contribution in [0.1, 0.15) is 59.8 Å². The third-order valence-electron chi connectivity index (χ3n) is 7.83. The van der Waals surface area contributed by atoms with E-state index in [2.05, 4.69) is 27.7 Å². The molecule has 216 valence electrons. The van der Waals surface area contributed by atoms with Gasteiger partial charge in [0.25, 0.3) is 11.8 Å². The summed E-state index contributed by atoms with van der Waals surface area (Å²) in [5.41, 5.74) is -0.193. The molecule has 2 atom stereocenters. The van der Waals surface area contributed by atoms with Crippen LogP contribution < -0.4 is 0 Å². The molecule has 0 aliphatic carbocycles. The summed E-state index contributed by atoms with van der Waals surface area (Å²) in [5.74, 6) is 5.63. The van der Waals surface area contributed by atoms with Gasteiger partial charge in [-0.05, 0) is 77.5 Å². The molecule has 6 nitrogen and oxygen atoms in total. The fourth-order valence-electron chi connectivity index (χ4n) is 5.33. The fourth-order valence-corrected chi connectivity index (χ4v) is 10.4. The van der Waals surface area contributed by atoms with Gasteiger partial charge in [-0.2, -0.15) is 23.5 Å². The summed E-state index contributed by atoms with van der Waals surface area (Å²) < 4.78 is 0. The monoisotopic (exact) mass is 610 g/mol. The Hall–Kier alpha value is -0.840. The van der Waals surface area contributed by atoms with Gasteiger partial charge < -0.3 is 0 Å². The molecule has 0 aromatic rings. The van der Waals surface area contributed by atoms with E-state index in [1.165, 1.54) is 9.80 Å². The molecule has 39 heavy (non-hydrogen) atoms. The predicted molar refractivity (Wildman–Crippen MR) is 167 cm³/mol. The molecule has 0 N–H and O–H groups in total. The molecule has 0 bridgehead atoms. The van der Waals surface area contributed by atoms with Crippen molar-refractivity contribution < 1.29 is 19.2 Å². The van der Waals surface area contributed by atoms with Gasteiger partial charge in [0.2, 0.25) is 11.8 Å². The van der Waals surface area contributed by atoms with Crippen molar-refractivity contribution in [2.24, 2.45) is 22.7 Å². The van der Waals surface area contributed by atoms with E-state index in [0.29, 0.717) is 13.1 Å². The van der Waals surface area contributed by atoms with E-state index in [1.807, 2.05) is 23.5 Å². The summed E-state index contributed by atoms with van der Waals surface area (Å²) in [7, 11) is 0. The van der Waals surface area contributed by atoms with Crippen molar-refractivity contribution in [1.82, 2.24) is 9.80 Å². The molecule has 2 fully saturated rings. The summed E-state index contributed by atoms with van der Waals surface area (Å²) >= 11 is 7.20. The number of imide groups is 2. The second-order valence-electron chi connectivity index (χ2n) is 12.4. The van der Waals surface area contributed by atoms with Crippen LogP contribution in [0.3, 0.4) is 0 Å². The molecule has 4 heterocycles. The zero-order valence-corrected chi connectivity index (χ0v) is 26.9. The Balaban J connectivity index is 1.07. The lowest BCUT2D eigenvalue weighted by molar-refractivity contribution is -0.148. The maximum absolute atomic E-state index is 12.8. The Labute approximate surface area is 250 Å². The summed E-state index contributed by atoms with van der Waals surface area (Å²) in [5, 5.41) is 0. The first-order chi connectivity index (χ1) is 18.5. The molecule has 2 unspecified atom stereocenters. The van der Waals surface area contributed by atoms with Crippen LogP contribution >= 0.6 is 47.0 Å². The SMILES string of the molecule is CC(C)(CCSCCCSCCC(C)(C)CN1C(=O)C=C2SCCC2C1=O)CN1C(=O)C=C2SCCC2C1=O. The first-order valence-corrected chi connectivity index (χ1v) is 18.3. The number of nitrogens with zero attached hydrogens (tertiary/aromatic N) is 2. The van der Waals surface area contributed by atoms with Crippen LogP contribution in [0, 0.1) is 22.7 Å². The van der Waals surface area contributed by atoms with Crippen molar-refractivity contribution >= 4 is 70.7 Å². The van der Waals surface area contributed by atoms with Crippen LogP contribution in [0.4, 0.5) is 0 Å². The average Bonchev–Trinajstić information content (AvgIpc) is 3.53. The molecule has 4 aliphatic rings. The van der Waals surface area contributed by atoms with Crippen LogP contribution in [-0.4, -0.2) is 81.0 Å². The van der Waals surface area contributed by atoms with Gasteiger partial charge in [-0.15, -0.1) is 23.5 Å². The van der Waals surface area contributed by atoms with E-state index in [-0.39, 0.29) is 46.3 Å². The third kappa shape index (κ3) is 8.13. The molecule has 0 aromatic heterocycles. The number of carbonyl (C=O) groups is 4. The molecule has 4 aliphatic heterocycles. The number of fused-ring (bicyclic) bond motifs is 2. The van der Waals surface area contributed by atoms with E-state index in [1.54, 1.807) is 35.7 Å². The smallest absolute Gasteiger partial charge is 0.254 e. The van der Waals surface area contributed by atoms with Gasteiger partial charge in [-0.25, -0.2) is 0 Å². The minimum atomic E-state index is -0.144. The van der Waals surface area contributed by atoms with E-state index >= 15 is 0 Å². The van der Waals surface area contributed by atoms with Crippen LogP contribution in [0.2, 0.25) is 0 Å². The second-order valence-corrected chi connectivity index (χ2v) is 17.2. The summed E-state index contributed by atoms with van der Waals surface area (Å²) in [6.45, 7) is 9.60. The molecule has 4 amide bonds. The molecular weight excluding hydrogens is 569 g/mol. The second kappa shape index (κ2) is 13.4. The Morgan fingerprint density at radius 1 is 0.718 bits per heavy atom. The highest BCUT2D eigenvalue weighted by Gasteiger charge is 2.41. The van der Waals surface area contributed by atoms with Crippen LogP contribution in [-0.2, 0) is 19.2 Å². The Morgan fingerprint density at radius 2 is 1.13 bits per heavy atom. The molecular formula is C29H42N2O4S4. The fraction of sp³-hybridized carbons (Fsp3) is 0.724. The Morgan fingerprint density at radius 3 is 1.54 bits per heavy atom. The van der Waals surface area contributed by atoms with Crippen molar-refractivity contribution in [3.05, 3.63) is 22.0 Å². The van der Waals surface area contributed by atoms with E-state index in [0.717, 1.165) is 76.4 Å². The first kappa shape index (κ1) is 31.1. The van der Waals surface area contributed by atoms with Gasteiger partial charge in [-0.3, -0.25) is 29.0 Å². The predicted octanol–water partition coefficient (Wildman–Crippen LogP) is 5.69. The van der Waals surface area contributed by atoms with Crippen LogP contribution in [0.15, 0.2) is 22.0 Å². The van der Waals surface area contributed by atoms with E-state index < -0.39 is 0 Å². The zero-order valence-electron chi connectivity index (χ0n) is 23.7.